The molecule has 0 spiro atoms. The predicted octanol–water partition coefficient (Wildman–Crippen LogP) is 2.32. The van der Waals surface area contributed by atoms with Crippen LogP contribution in [0.4, 0.5) is 0 Å². The van der Waals surface area contributed by atoms with Crippen molar-refractivity contribution in [2.45, 2.75) is 40.7 Å². The minimum atomic E-state index is 0.161. The second-order valence-electron chi connectivity index (χ2n) is 5.75. The summed E-state index contributed by atoms with van der Waals surface area (Å²) in [5.74, 6) is 1.71. The number of hydrogen-bond donors (Lipinski definition) is 2. The van der Waals surface area contributed by atoms with E-state index in [1.807, 2.05) is 44.7 Å². The third-order valence-electron chi connectivity index (χ3n) is 3.94. The van der Waals surface area contributed by atoms with Crippen LogP contribution < -0.4 is 15.4 Å². The van der Waals surface area contributed by atoms with Gasteiger partial charge in [0.05, 0.1) is 13.7 Å². The number of methoxy groups -OCH3 is 1. The number of rotatable bonds is 9. The quantitative estimate of drug-likeness (QED) is 0.531. The van der Waals surface area contributed by atoms with Crippen LogP contribution in [0.3, 0.4) is 0 Å². The standard InChI is InChI=1S/C19H32N4O2/c1-6-20-19(21-12-11-18(24)23(7-2)8-3)22-14-16-10-9-15(4)13-17(16)25-5/h9-10,13H,6-8,11-12,14H2,1-5H3,(H2,20,21,22). The zero-order chi connectivity index (χ0) is 18.7. The Labute approximate surface area is 151 Å². The second-order valence-corrected chi connectivity index (χ2v) is 5.75. The van der Waals surface area contributed by atoms with Crippen LogP contribution in [0.15, 0.2) is 23.2 Å². The number of benzene rings is 1. The lowest BCUT2D eigenvalue weighted by Gasteiger charge is -2.19. The molecule has 1 rings (SSSR count). The van der Waals surface area contributed by atoms with E-state index in [2.05, 4.69) is 21.7 Å². The third kappa shape index (κ3) is 7.03. The number of hydrogen-bond acceptors (Lipinski definition) is 3. The van der Waals surface area contributed by atoms with Gasteiger partial charge in [0.25, 0.3) is 0 Å². The van der Waals surface area contributed by atoms with Crippen LogP contribution >= 0.6 is 0 Å². The lowest BCUT2D eigenvalue weighted by atomic mass is 10.1. The van der Waals surface area contributed by atoms with Gasteiger partial charge in [-0.25, -0.2) is 4.99 Å². The van der Waals surface area contributed by atoms with Gasteiger partial charge in [-0.05, 0) is 39.3 Å². The number of carbonyl (C=O) groups is 1. The maximum atomic E-state index is 12.0. The predicted molar refractivity (Wildman–Crippen MR) is 103 cm³/mol. The summed E-state index contributed by atoms with van der Waals surface area (Å²) in [6, 6.07) is 6.09. The fourth-order valence-electron chi connectivity index (χ4n) is 2.51. The SMILES string of the molecule is CCNC(=NCc1ccc(C)cc1OC)NCCC(=O)N(CC)CC. The summed E-state index contributed by atoms with van der Waals surface area (Å²) in [5, 5.41) is 6.43. The molecule has 0 heterocycles. The molecule has 1 amide bonds. The van der Waals surface area contributed by atoms with Gasteiger partial charge in [0.1, 0.15) is 5.75 Å². The summed E-state index contributed by atoms with van der Waals surface area (Å²) < 4.78 is 5.42. The Hall–Kier alpha value is -2.24. The molecular formula is C19H32N4O2. The van der Waals surface area contributed by atoms with Crippen molar-refractivity contribution in [1.82, 2.24) is 15.5 Å². The average molecular weight is 348 g/mol. The maximum absolute atomic E-state index is 12.0. The van der Waals surface area contributed by atoms with Gasteiger partial charge in [-0.15, -0.1) is 0 Å². The van der Waals surface area contributed by atoms with Crippen LogP contribution in [0.25, 0.3) is 0 Å². The van der Waals surface area contributed by atoms with Crippen molar-refractivity contribution < 1.29 is 9.53 Å². The summed E-state index contributed by atoms with van der Waals surface area (Å²) in [6.07, 6.45) is 0.458. The first kappa shape index (κ1) is 20.8. The van der Waals surface area contributed by atoms with Gasteiger partial charge >= 0.3 is 0 Å². The van der Waals surface area contributed by atoms with Crippen LogP contribution in [-0.2, 0) is 11.3 Å². The molecule has 0 aliphatic carbocycles. The largest absolute Gasteiger partial charge is 0.496 e. The number of nitrogens with one attached hydrogen (secondary N) is 2. The van der Waals surface area contributed by atoms with Crippen molar-refractivity contribution >= 4 is 11.9 Å². The van der Waals surface area contributed by atoms with Gasteiger partial charge in [0, 0.05) is 38.2 Å². The zero-order valence-electron chi connectivity index (χ0n) is 16.2. The van der Waals surface area contributed by atoms with Crippen LogP contribution in [0.5, 0.6) is 5.75 Å². The molecule has 0 aliphatic rings. The van der Waals surface area contributed by atoms with Gasteiger partial charge < -0.3 is 20.3 Å². The van der Waals surface area contributed by atoms with E-state index in [0.717, 1.165) is 36.5 Å². The molecule has 0 aliphatic heterocycles. The first-order chi connectivity index (χ1) is 12.0. The van der Waals surface area contributed by atoms with E-state index in [1.165, 1.54) is 0 Å². The molecule has 140 valence electrons. The fourth-order valence-corrected chi connectivity index (χ4v) is 2.51. The highest BCUT2D eigenvalue weighted by molar-refractivity contribution is 5.81. The number of aryl methyl sites for hydroxylation is 1. The molecule has 6 nitrogen and oxygen atoms in total. The molecule has 0 bridgehead atoms. The van der Waals surface area contributed by atoms with Gasteiger partial charge in [0.15, 0.2) is 5.96 Å². The molecule has 0 aromatic heterocycles. The monoisotopic (exact) mass is 348 g/mol. The Kier molecular flexibility index (Phi) is 9.43. The second kappa shape index (κ2) is 11.3. The Bertz CT molecular complexity index is 569. The first-order valence-corrected chi connectivity index (χ1v) is 8.99. The topological polar surface area (TPSA) is 66.0 Å². The molecule has 1 aromatic carbocycles. The third-order valence-corrected chi connectivity index (χ3v) is 3.94. The summed E-state index contributed by atoms with van der Waals surface area (Å²) in [4.78, 5) is 18.5. The Morgan fingerprint density at radius 3 is 2.52 bits per heavy atom. The maximum Gasteiger partial charge on any atom is 0.224 e. The van der Waals surface area contributed by atoms with Crippen LogP contribution in [-0.4, -0.2) is 50.1 Å². The molecule has 1 aromatic rings. The molecule has 6 heteroatoms. The molecule has 0 unspecified atom stereocenters. The molecule has 0 saturated heterocycles. The average Bonchev–Trinajstić information content (AvgIpc) is 2.61. The summed E-state index contributed by atoms with van der Waals surface area (Å²) >= 11 is 0. The molecule has 2 N–H and O–H groups in total. The molecule has 0 radical (unpaired) electrons. The number of nitrogens with zero attached hydrogens (tertiary/aromatic N) is 2. The molecule has 0 saturated carbocycles. The smallest absolute Gasteiger partial charge is 0.224 e. The fraction of sp³-hybridized carbons (Fsp3) is 0.579. The van der Waals surface area contributed by atoms with Crippen molar-refractivity contribution in [3.05, 3.63) is 29.3 Å². The first-order valence-electron chi connectivity index (χ1n) is 8.99. The molecule has 25 heavy (non-hydrogen) atoms. The minimum absolute atomic E-state index is 0.161. The Morgan fingerprint density at radius 1 is 1.20 bits per heavy atom. The summed E-state index contributed by atoms with van der Waals surface area (Å²) in [7, 11) is 1.67. The van der Waals surface area contributed by atoms with E-state index in [-0.39, 0.29) is 5.91 Å². The van der Waals surface area contributed by atoms with Crippen molar-refractivity contribution in [2.75, 3.05) is 33.3 Å². The van der Waals surface area contributed by atoms with E-state index < -0.39 is 0 Å². The molecule has 0 fully saturated rings. The van der Waals surface area contributed by atoms with Crippen LogP contribution in [0.2, 0.25) is 0 Å². The van der Waals surface area contributed by atoms with Crippen molar-refractivity contribution in [3.63, 3.8) is 0 Å². The number of carbonyl (C=O) groups excluding carboxylic acids is 1. The summed E-state index contributed by atoms with van der Waals surface area (Å²) in [6.45, 7) is 11.4. The number of amides is 1. The van der Waals surface area contributed by atoms with Crippen LogP contribution in [0, 0.1) is 6.92 Å². The van der Waals surface area contributed by atoms with Gasteiger partial charge in [0.2, 0.25) is 5.91 Å². The minimum Gasteiger partial charge on any atom is -0.496 e. The highest BCUT2D eigenvalue weighted by Gasteiger charge is 2.09. The van der Waals surface area contributed by atoms with E-state index in [0.29, 0.717) is 25.5 Å². The van der Waals surface area contributed by atoms with E-state index in [9.17, 15) is 4.79 Å². The molecule has 0 atom stereocenters. The highest BCUT2D eigenvalue weighted by Crippen LogP contribution is 2.20. The summed E-state index contributed by atoms with van der Waals surface area (Å²) in [5.41, 5.74) is 2.19. The van der Waals surface area contributed by atoms with Gasteiger partial charge in [-0.3, -0.25) is 4.79 Å². The van der Waals surface area contributed by atoms with Crippen LogP contribution in [0.1, 0.15) is 38.3 Å². The van der Waals surface area contributed by atoms with Crippen molar-refractivity contribution in [1.29, 1.82) is 0 Å². The Morgan fingerprint density at radius 2 is 1.92 bits per heavy atom. The lowest BCUT2D eigenvalue weighted by molar-refractivity contribution is -0.130. The van der Waals surface area contributed by atoms with Crippen molar-refractivity contribution in [3.8, 4) is 5.75 Å². The van der Waals surface area contributed by atoms with Gasteiger partial charge in [-0.1, -0.05) is 12.1 Å². The van der Waals surface area contributed by atoms with E-state index in [4.69, 9.17) is 4.74 Å². The van der Waals surface area contributed by atoms with E-state index >= 15 is 0 Å². The normalized spacial score (nSPS) is 11.2. The number of ether oxygens (including phenoxy) is 1. The lowest BCUT2D eigenvalue weighted by Crippen LogP contribution is -2.40. The Balaban J connectivity index is 2.64. The highest BCUT2D eigenvalue weighted by atomic mass is 16.5. The molecular weight excluding hydrogens is 316 g/mol. The zero-order valence-corrected chi connectivity index (χ0v) is 16.2. The van der Waals surface area contributed by atoms with Crippen molar-refractivity contribution in [2.24, 2.45) is 4.99 Å². The number of guanidine groups is 1. The number of aliphatic imine (C=N–C) groups is 1. The van der Waals surface area contributed by atoms with E-state index in [1.54, 1.807) is 7.11 Å². The van der Waals surface area contributed by atoms with Gasteiger partial charge in [-0.2, -0.15) is 0 Å².